The predicted octanol–water partition coefficient (Wildman–Crippen LogP) is 1.24. The van der Waals surface area contributed by atoms with Gasteiger partial charge in [-0.05, 0) is 18.9 Å². The molecule has 0 aromatic carbocycles. The van der Waals surface area contributed by atoms with Crippen LogP contribution in [-0.4, -0.2) is 28.8 Å². The number of carbonyl (C=O) groups excluding carboxylic acids is 1. The number of aromatic nitrogens is 2. The molecule has 0 spiro atoms. The van der Waals surface area contributed by atoms with Gasteiger partial charge in [-0.15, -0.1) is 0 Å². The summed E-state index contributed by atoms with van der Waals surface area (Å²) in [4.78, 5) is 11.4. The fraction of sp³-hybridized carbons (Fsp3) is 0.667. The highest BCUT2D eigenvalue weighted by Gasteiger charge is 2.37. The number of nitrogens with one attached hydrogen (secondary N) is 1. The van der Waals surface area contributed by atoms with Gasteiger partial charge in [-0.3, -0.25) is 9.48 Å². The van der Waals surface area contributed by atoms with Gasteiger partial charge >= 0.3 is 6.18 Å². The average Bonchev–Trinajstić information content (AvgIpc) is 3.12. The number of hydrogen-bond donors (Lipinski definition) is 2. The molecule has 1 saturated carbocycles. The zero-order chi connectivity index (χ0) is 14.8. The molecule has 0 radical (unpaired) electrons. The molecule has 3 N–H and O–H groups in total. The minimum atomic E-state index is -4.45. The standard InChI is InChI=1S/C12H17F3N4O/c13-12(14,15)10-7-9(8-1-2-8)19(18-10)6-3-11(20)17-5-4-16/h7-8H,1-6,16H2,(H,17,20). The molecular formula is C12H17F3N4O. The van der Waals surface area contributed by atoms with E-state index in [1.807, 2.05) is 0 Å². The second kappa shape index (κ2) is 5.82. The fourth-order valence-electron chi connectivity index (χ4n) is 1.96. The number of nitrogens with two attached hydrogens (primary N) is 1. The molecule has 1 aromatic heterocycles. The van der Waals surface area contributed by atoms with Crippen molar-refractivity contribution in [1.82, 2.24) is 15.1 Å². The average molecular weight is 290 g/mol. The van der Waals surface area contributed by atoms with Crippen molar-refractivity contribution < 1.29 is 18.0 Å². The van der Waals surface area contributed by atoms with Gasteiger partial charge in [0, 0.05) is 37.7 Å². The molecular weight excluding hydrogens is 273 g/mol. The van der Waals surface area contributed by atoms with Gasteiger partial charge < -0.3 is 11.1 Å². The maximum atomic E-state index is 12.7. The zero-order valence-corrected chi connectivity index (χ0v) is 10.9. The van der Waals surface area contributed by atoms with Crippen molar-refractivity contribution in [3.63, 3.8) is 0 Å². The highest BCUT2D eigenvalue weighted by atomic mass is 19.4. The Hall–Kier alpha value is -1.57. The summed E-state index contributed by atoms with van der Waals surface area (Å²) < 4.78 is 39.3. The Morgan fingerprint density at radius 1 is 1.50 bits per heavy atom. The third-order valence-electron chi connectivity index (χ3n) is 3.11. The summed E-state index contributed by atoms with van der Waals surface area (Å²) >= 11 is 0. The third-order valence-corrected chi connectivity index (χ3v) is 3.11. The van der Waals surface area contributed by atoms with E-state index in [-0.39, 0.29) is 24.8 Å². The molecule has 1 fully saturated rings. The third kappa shape index (κ3) is 3.72. The van der Waals surface area contributed by atoms with E-state index in [0.29, 0.717) is 18.8 Å². The maximum Gasteiger partial charge on any atom is 0.435 e. The van der Waals surface area contributed by atoms with Crippen molar-refractivity contribution in [2.24, 2.45) is 5.73 Å². The van der Waals surface area contributed by atoms with Gasteiger partial charge in [-0.25, -0.2) is 0 Å². The van der Waals surface area contributed by atoms with E-state index in [0.717, 1.165) is 18.9 Å². The van der Waals surface area contributed by atoms with Crippen molar-refractivity contribution in [2.45, 2.75) is 37.9 Å². The topological polar surface area (TPSA) is 72.9 Å². The van der Waals surface area contributed by atoms with Crippen LogP contribution in [0.25, 0.3) is 0 Å². The molecule has 1 amide bonds. The van der Waals surface area contributed by atoms with E-state index in [4.69, 9.17) is 5.73 Å². The van der Waals surface area contributed by atoms with Gasteiger partial charge in [0.05, 0.1) is 0 Å². The first kappa shape index (κ1) is 14.8. The molecule has 112 valence electrons. The Morgan fingerprint density at radius 2 is 2.20 bits per heavy atom. The van der Waals surface area contributed by atoms with Gasteiger partial charge in [0.25, 0.3) is 0 Å². The monoisotopic (exact) mass is 290 g/mol. The number of aryl methyl sites for hydroxylation is 1. The molecule has 1 aliphatic carbocycles. The Labute approximate surface area is 114 Å². The summed E-state index contributed by atoms with van der Waals surface area (Å²) in [5.74, 6) is -0.0908. The van der Waals surface area contributed by atoms with Gasteiger partial charge in [0.15, 0.2) is 5.69 Å². The van der Waals surface area contributed by atoms with E-state index < -0.39 is 11.9 Å². The van der Waals surface area contributed by atoms with Crippen molar-refractivity contribution in [3.8, 4) is 0 Å². The summed E-state index contributed by atoms with van der Waals surface area (Å²) in [6.07, 6.45) is -2.60. The van der Waals surface area contributed by atoms with Gasteiger partial charge in [0.2, 0.25) is 5.91 Å². The Balaban J connectivity index is 2.02. The van der Waals surface area contributed by atoms with Crippen LogP contribution in [0.15, 0.2) is 6.07 Å². The number of halogens is 3. The first-order chi connectivity index (χ1) is 9.41. The van der Waals surface area contributed by atoms with Crippen LogP contribution in [0, 0.1) is 0 Å². The molecule has 20 heavy (non-hydrogen) atoms. The molecule has 5 nitrogen and oxygen atoms in total. The summed E-state index contributed by atoms with van der Waals surface area (Å²) in [5.41, 5.74) is 4.94. The highest BCUT2D eigenvalue weighted by Crippen LogP contribution is 2.42. The number of carbonyl (C=O) groups is 1. The molecule has 8 heteroatoms. The summed E-state index contributed by atoms with van der Waals surface area (Å²) in [6.45, 7) is 0.846. The number of amides is 1. The van der Waals surface area contributed by atoms with Crippen LogP contribution in [-0.2, 0) is 17.5 Å². The Bertz CT molecular complexity index is 480. The van der Waals surface area contributed by atoms with Crippen LogP contribution >= 0.6 is 0 Å². The summed E-state index contributed by atoms with van der Waals surface area (Å²) in [7, 11) is 0. The van der Waals surface area contributed by atoms with Crippen LogP contribution in [0.2, 0.25) is 0 Å². The molecule has 1 aromatic rings. The molecule has 0 unspecified atom stereocenters. The molecule has 0 aliphatic heterocycles. The Kier molecular flexibility index (Phi) is 4.32. The number of hydrogen-bond acceptors (Lipinski definition) is 3. The first-order valence-electron chi connectivity index (χ1n) is 6.53. The second-order valence-corrected chi connectivity index (χ2v) is 4.84. The van der Waals surface area contributed by atoms with Crippen LogP contribution in [0.5, 0.6) is 0 Å². The maximum absolute atomic E-state index is 12.7. The van der Waals surface area contributed by atoms with Crippen LogP contribution in [0.3, 0.4) is 0 Å². The minimum Gasteiger partial charge on any atom is -0.355 e. The van der Waals surface area contributed by atoms with Crippen molar-refractivity contribution in [2.75, 3.05) is 13.1 Å². The zero-order valence-electron chi connectivity index (χ0n) is 10.9. The lowest BCUT2D eigenvalue weighted by atomic mass is 10.2. The number of nitrogens with zero attached hydrogens (tertiary/aromatic N) is 2. The lowest BCUT2D eigenvalue weighted by Crippen LogP contribution is -2.29. The largest absolute Gasteiger partial charge is 0.435 e. The second-order valence-electron chi connectivity index (χ2n) is 4.84. The van der Waals surface area contributed by atoms with Gasteiger partial charge in [-0.1, -0.05) is 0 Å². The quantitative estimate of drug-likeness (QED) is 0.828. The molecule has 1 heterocycles. The highest BCUT2D eigenvalue weighted by molar-refractivity contribution is 5.75. The van der Waals surface area contributed by atoms with E-state index in [9.17, 15) is 18.0 Å². The van der Waals surface area contributed by atoms with E-state index in [2.05, 4.69) is 10.4 Å². The van der Waals surface area contributed by atoms with Crippen LogP contribution in [0.4, 0.5) is 13.2 Å². The van der Waals surface area contributed by atoms with E-state index in [1.165, 1.54) is 4.68 Å². The summed E-state index contributed by atoms with van der Waals surface area (Å²) in [6, 6.07) is 1.09. The predicted molar refractivity (Wildman–Crippen MR) is 65.9 cm³/mol. The SMILES string of the molecule is NCCNC(=O)CCn1nc(C(F)(F)F)cc1C1CC1. The van der Waals surface area contributed by atoms with E-state index >= 15 is 0 Å². The Morgan fingerprint density at radius 3 is 2.75 bits per heavy atom. The minimum absolute atomic E-state index is 0.0959. The summed E-state index contributed by atoms with van der Waals surface area (Å²) in [5, 5.41) is 6.16. The van der Waals surface area contributed by atoms with Crippen molar-refractivity contribution >= 4 is 5.91 Å². The normalized spacial score (nSPS) is 15.4. The lowest BCUT2D eigenvalue weighted by Gasteiger charge is -2.07. The van der Waals surface area contributed by atoms with Crippen molar-refractivity contribution in [1.29, 1.82) is 0 Å². The van der Waals surface area contributed by atoms with E-state index in [1.54, 1.807) is 0 Å². The smallest absolute Gasteiger partial charge is 0.355 e. The molecule has 0 atom stereocenters. The lowest BCUT2D eigenvalue weighted by molar-refractivity contribution is -0.141. The van der Waals surface area contributed by atoms with Crippen LogP contribution in [0.1, 0.15) is 36.6 Å². The molecule has 0 bridgehead atoms. The number of rotatable bonds is 6. The van der Waals surface area contributed by atoms with Crippen molar-refractivity contribution in [3.05, 3.63) is 17.5 Å². The van der Waals surface area contributed by atoms with Gasteiger partial charge in [0.1, 0.15) is 0 Å². The molecule has 2 rings (SSSR count). The molecule has 1 aliphatic rings. The molecule has 0 saturated heterocycles. The van der Waals surface area contributed by atoms with Gasteiger partial charge in [-0.2, -0.15) is 18.3 Å². The first-order valence-corrected chi connectivity index (χ1v) is 6.53. The fourth-order valence-corrected chi connectivity index (χ4v) is 1.96. The number of alkyl halides is 3. The van der Waals surface area contributed by atoms with Crippen LogP contribution < -0.4 is 11.1 Å².